The van der Waals surface area contributed by atoms with Gasteiger partial charge in [0.1, 0.15) is 11.5 Å². The first-order valence-corrected chi connectivity index (χ1v) is 9.38. The van der Waals surface area contributed by atoms with Gasteiger partial charge in [-0.1, -0.05) is 34.1 Å². The highest BCUT2D eigenvalue weighted by Crippen LogP contribution is 2.27. The Bertz CT molecular complexity index is 1110. The van der Waals surface area contributed by atoms with Crippen LogP contribution < -0.4 is 15.4 Å². The van der Waals surface area contributed by atoms with Crippen LogP contribution in [0.2, 0.25) is 0 Å². The number of hydrogen-bond donors (Lipinski definition) is 2. The summed E-state index contributed by atoms with van der Waals surface area (Å²) in [5.74, 6) is -5.27. The molecule has 0 fully saturated rings. The van der Waals surface area contributed by atoms with Crippen molar-refractivity contribution >= 4 is 33.4 Å². The van der Waals surface area contributed by atoms with Gasteiger partial charge in [0.25, 0.3) is 5.91 Å². The van der Waals surface area contributed by atoms with E-state index in [1.807, 2.05) is 6.07 Å². The number of hydrogen-bond acceptors (Lipinski definition) is 3. The molecular formula is C21H14BrF3N2O3. The molecule has 0 aliphatic heterocycles. The maximum atomic E-state index is 13.6. The van der Waals surface area contributed by atoms with Gasteiger partial charge in [-0.15, -0.1) is 0 Å². The second-order valence-electron chi connectivity index (χ2n) is 6.01. The smallest absolute Gasteiger partial charge is 0.255 e. The minimum absolute atomic E-state index is 0.171. The monoisotopic (exact) mass is 478 g/mol. The van der Waals surface area contributed by atoms with Crippen LogP contribution in [-0.2, 0) is 4.79 Å². The van der Waals surface area contributed by atoms with E-state index in [9.17, 15) is 22.8 Å². The lowest BCUT2D eigenvalue weighted by Crippen LogP contribution is -2.33. The minimum Gasteiger partial charge on any atom is -0.456 e. The maximum absolute atomic E-state index is 13.6. The summed E-state index contributed by atoms with van der Waals surface area (Å²) in [6, 6.07) is 15.0. The molecule has 0 aromatic heterocycles. The first-order valence-electron chi connectivity index (χ1n) is 8.59. The van der Waals surface area contributed by atoms with Gasteiger partial charge >= 0.3 is 0 Å². The Morgan fingerprint density at radius 2 is 1.70 bits per heavy atom. The largest absolute Gasteiger partial charge is 0.456 e. The molecule has 3 aromatic rings. The molecule has 0 aliphatic carbocycles. The summed E-state index contributed by atoms with van der Waals surface area (Å²) in [6.07, 6.45) is 0. The highest BCUT2D eigenvalue weighted by molar-refractivity contribution is 9.10. The number of amides is 2. The molecular weight excluding hydrogens is 465 g/mol. The number of carbonyl (C=O) groups is 2. The van der Waals surface area contributed by atoms with E-state index in [1.165, 1.54) is 6.07 Å². The van der Waals surface area contributed by atoms with Gasteiger partial charge < -0.3 is 15.4 Å². The maximum Gasteiger partial charge on any atom is 0.255 e. The van der Waals surface area contributed by atoms with Crippen LogP contribution in [0.1, 0.15) is 10.4 Å². The zero-order valence-electron chi connectivity index (χ0n) is 15.2. The number of halogens is 4. The predicted molar refractivity (Wildman–Crippen MR) is 108 cm³/mol. The first kappa shape index (κ1) is 21.4. The summed E-state index contributed by atoms with van der Waals surface area (Å²) in [5.41, 5.74) is -0.365. The van der Waals surface area contributed by atoms with Crippen LogP contribution in [0.4, 0.5) is 18.9 Å². The summed E-state index contributed by atoms with van der Waals surface area (Å²) >= 11 is 3.33. The Morgan fingerprint density at radius 1 is 0.933 bits per heavy atom. The second-order valence-corrected chi connectivity index (χ2v) is 6.93. The van der Waals surface area contributed by atoms with Gasteiger partial charge in [-0.3, -0.25) is 9.59 Å². The van der Waals surface area contributed by atoms with E-state index in [0.717, 1.165) is 10.5 Å². The fraction of sp³-hybridized carbons (Fsp3) is 0.0476. The zero-order chi connectivity index (χ0) is 21.7. The Labute approximate surface area is 178 Å². The molecule has 0 saturated heterocycles. The van der Waals surface area contributed by atoms with Gasteiger partial charge in [-0.05, 0) is 42.5 Å². The van der Waals surface area contributed by atoms with E-state index in [4.69, 9.17) is 4.74 Å². The molecule has 5 nitrogen and oxygen atoms in total. The summed E-state index contributed by atoms with van der Waals surface area (Å²) in [4.78, 5) is 24.4. The number of ether oxygens (including phenoxy) is 1. The molecule has 2 N–H and O–H groups in total. The van der Waals surface area contributed by atoms with Crippen molar-refractivity contribution in [3.8, 4) is 11.5 Å². The molecule has 0 spiro atoms. The van der Waals surface area contributed by atoms with Crippen LogP contribution in [0.5, 0.6) is 11.5 Å². The lowest BCUT2D eigenvalue weighted by atomic mass is 10.2. The normalized spacial score (nSPS) is 10.4. The van der Waals surface area contributed by atoms with Gasteiger partial charge in [-0.25, -0.2) is 13.2 Å². The van der Waals surface area contributed by atoms with E-state index in [-0.39, 0.29) is 11.3 Å². The molecule has 3 rings (SSSR count). The van der Waals surface area contributed by atoms with Crippen LogP contribution in [0.3, 0.4) is 0 Å². The van der Waals surface area contributed by atoms with E-state index in [0.29, 0.717) is 11.8 Å². The standard InChI is InChI=1S/C21H14BrF3N2O3/c22-12-4-3-5-13(10-12)30-17-7-2-1-6-14(17)21(29)26-11-18(28)27-16-9-8-15(23)19(24)20(16)25/h1-10H,11H2,(H,26,29)(H,27,28). The number of carbonyl (C=O) groups excluding carboxylic acids is 2. The van der Waals surface area contributed by atoms with Gasteiger partial charge in [0.15, 0.2) is 17.5 Å². The summed E-state index contributed by atoms with van der Waals surface area (Å²) in [5, 5.41) is 4.45. The zero-order valence-corrected chi connectivity index (χ0v) is 16.8. The molecule has 3 aromatic carbocycles. The number of anilines is 1. The van der Waals surface area contributed by atoms with E-state index < -0.39 is 41.5 Å². The number of para-hydroxylation sites is 1. The quantitative estimate of drug-likeness (QED) is 0.488. The number of nitrogens with one attached hydrogen (secondary N) is 2. The molecule has 30 heavy (non-hydrogen) atoms. The highest BCUT2D eigenvalue weighted by atomic mass is 79.9. The predicted octanol–water partition coefficient (Wildman–Crippen LogP) is 5.03. The van der Waals surface area contributed by atoms with Crippen molar-refractivity contribution in [3.05, 3.63) is 88.2 Å². The van der Waals surface area contributed by atoms with Gasteiger partial charge in [0.05, 0.1) is 17.8 Å². The minimum atomic E-state index is -1.70. The molecule has 0 aliphatic rings. The van der Waals surface area contributed by atoms with Crippen LogP contribution >= 0.6 is 15.9 Å². The highest BCUT2D eigenvalue weighted by Gasteiger charge is 2.17. The molecule has 154 valence electrons. The average molecular weight is 479 g/mol. The fourth-order valence-corrected chi connectivity index (χ4v) is 2.85. The molecule has 0 heterocycles. The van der Waals surface area contributed by atoms with Crippen molar-refractivity contribution in [1.82, 2.24) is 5.32 Å². The van der Waals surface area contributed by atoms with E-state index in [1.54, 1.807) is 36.4 Å². The molecule has 0 atom stereocenters. The van der Waals surface area contributed by atoms with Crippen molar-refractivity contribution < 1.29 is 27.5 Å². The Kier molecular flexibility index (Phi) is 6.73. The van der Waals surface area contributed by atoms with Gasteiger partial charge in [0.2, 0.25) is 5.91 Å². The fourth-order valence-electron chi connectivity index (χ4n) is 2.47. The van der Waals surface area contributed by atoms with Crippen molar-refractivity contribution in [1.29, 1.82) is 0 Å². The van der Waals surface area contributed by atoms with E-state index in [2.05, 4.69) is 26.6 Å². The van der Waals surface area contributed by atoms with Crippen LogP contribution in [0.25, 0.3) is 0 Å². The Hall–Kier alpha value is -3.33. The molecule has 0 bridgehead atoms. The van der Waals surface area contributed by atoms with Crippen LogP contribution in [0.15, 0.2) is 65.1 Å². The Morgan fingerprint density at radius 3 is 2.47 bits per heavy atom. The van der Waals surface area contributed by atoms with Crippen molar-refractivity contribution in [2.45, 2.75) is 0 Å². The summed E-state index contributed by atoms with van der Waals surface area (Å²) < 4.78 is 46.4. The number of rotatable bonds is 6. The summed E-state index contributed by atoms with van der Waals surface area (Å²) in [7, 11) is 0. The van der Waals surface area contributed by atoms with Crippen LogP contribution in [-0.4, -0.2) is 18.4 Å². The molecule has 0 radical (unpaired) electrons. The third kappa shape index (κ3) is 5.18. The third-order valence-corrected chi connectivity index (χ3v) is 4.37. The molecule has 0 saturated carbocycles. The lowest BCUT2D eigenvalue weighted by Gasteiger charge is -2.12. The summed E-state index contributed by atoms with van der Waals surface area (Å²) in [6.45, 7) is -0.525. The molecule has 9 heteroatoms. The topological polar surface area (TPSA) is 67.4 Å². The second kappa shape index (κ2) is 9.45. The third-order valence-electron chi connectivity index (χ3n) is 3.87. The molecule has 0 unspecified atom stereocenters. The Balaban J connectivity index is 1.65. The average Bonchev–Trinajstić information content (AvgIpc) is 2.73. The lowest BCUT2D eigenvalue weighted by molar-refractivity contribution is -0.115. The van der Waals surface area contributed by atoms with Crippen molar-refractivity contribution in [2.24, 2.45) is 0 Å². The molecule has 2 amide bonds. The van der Waals surface area contributed by atoms with Crippen molar-refractivity contribution in [3.63, 3.8) is 0 Å². The van der Waals surface area contributed by atoms with Crippen LogP contribution in [0, 0.1) is 17.5 Å². The van der Waals surface area contributed by atoms with E-state index >= 15 is 0 Å². The first-order chi connectivity index (χ1) is 14.3. The van der Waals surface area contributed by atoms with Gasteiger partial charge in [-0.2, -0.15) is 0 Å². The SMILES string of the molecule is O=C(CNC(=O)c1ccccc1Oc1cccc(Br)c1)Nc1ccc(F)c(F)c1F. The van der Waals surface area contributed by atoms with Crippen molar-refractivity contribution in [2.75, 3.05) is 11.9 Å². The van der Waals surface area contributed by atoms with Gasteiger partial charge in [0, 0.05) is 4.47 Å². The number of benzene rings is 3.